The van der Waals surface area contributed by atoms with Gasteiger partial charge in [-0.1, -0.05) is 6.42 Å². The fourth-order valence-electron chi connectivity index (χ4n) is 2.58. The Bertz CT molecular complexity index is 496. The van der Waals surface area contributed by atoms with E-state index in [1.807, 2.05) is 19.4 Å². The maximum absolute atomic E-state index is 12.1. The highest BCUT2D eigenvalue weighted by atomic mass is 32.2. The average molecular weight is 288 g/mol. The summed E-state index contributed by atoms with van der Waals surface area (Å²) in [7, 11) is -1.09. The van der Waals surface area contributed by atoms with Crippen LogP contribution in [0.2, 0.25) is 0 Å². The smallest absolute Gasteiger partial charge is 0.154 e. The van der Waals surface area contributed by atoms with Crippen LogP contribution in [0.5, 0.6) is 0 Å². The summed E-state index contributed by atoms with van der Waals surface area (Å²) in [5.74, 6) is 0.339. The standard InChI is InChI=1S/C12H20N2O2S2/c1-9-14-10(8-17-9)7-11(13-2)12-5-3-4-6-18(12,15)16/h8,11-13H,3-7H2,1-2H3. The Balaban J connectivity index is 2.12. The van der Waals surface area contributed by atoms with Gasteiger partial charge >= 0.3 is 0 Å². The van der Waals surface area contributed by atoms with Crippen molar-refractivity contribution in [1.82, 2.24) is 10.3 Å². The summed E-state index contributed by atoms with van der Waals surface area (Å²) in [6, 6.07) is -0.0169. The highest BCUT2D eigenvalue weighted by Crippen LogP contribution is 2.24. The molecule has 1 aromatic heterocycles. The Hall–Kier alpha value is -0.460. The largest absolute Gasteiger partial charge is 0.315 e. The van der Waals surface area contributed by atoms with Gasteiger partial charge in [0.25, 0.3) is 0 Å². The van der Waals surface area contributed by atoms with E-state index >= 15 is 0 Å². The molecular formula is C12H20N2O2S2. The van der Waals surface area contributed by atoms with Crippen LogP contribution in [0.4, 0.5) is 0 Å². The number of aromatic nitrogens is 1. The lowest BCUT2D eigenvalue weighted by Crippen LogP contribution is -2.46. The molecular weight excluding hydrogens is 268 g/mol. The molecule has 6 heteroatoms. The Kier molecular flexibility index (Phi) is 4.40. The molecule has 2 atom stereocenters. The number of hydrogen-bond acceptors (Lipinski definition) is 5. The minimum absolute atomic E-state index is 0.0169. The van der Waals surface area contributed by atoms with Crippen molar-refractivity contribution in [2.24, 2.45) is 0 Å². The second-order valence-corrected chi connectivity index (χ2v) is 8.26. The molecule has 0 saturated carbocycles. The van der Waals surface area contributed by atoms with Crippen molar-refractivity contribution >= 4 is 21.2 Å². The topological polar surface area (TPSA) is 59.1 Å². The molecule has 1 aliphatic rings. The molecule has 2 heterocycles. The van der Waals surface area contributed by atoms with E-state index in [9.17, 15) is 8.42 Å². The van der Waals surface area contributed by atoms with Gasteiger partial charge in [0.05, 0.1) is 21.7 Å². The molecule has 102 valence electrons. The fourth-order valence-corrected chi connectivity index (χ4v) is 5.37. The molecule has 2 unspecified atom stereocenters. The molecule has 18 heavy (non-hydrogen) atoms. The van der Waals surface area contributed by atoms with Gasteiger partial charge in [-0.15, -0.1) is 11.3 Å². The Morgan fingerprint density at radius 2 is 2.33 bits per heavy atom. The Morgan fingerprint density at radius 1 is 1.56 bits per heavy atom. The van der Waals surface area contributed by atoms with Gasteiger partial charge in [-0.3, -0.25) is 0 Å². The SMILES string of the molecule is CNC(Cc1csc(C)n1)C1CCCCS1(=O)=O. The molecule has 1 N–H and O–H groups in total. The predicted octanol–water partition coefficient (Wildman–Crippen LogP) is 1.55. The Morgan fingerprint density at radius 3 is 2.89 bits per heavy atom. The molecule has 2 rings (SSSR count). The van der Waals surface area contributed by atoms with Crippen LogP contribution in [0.3, 0.4) is 0 Å². The summed E-state index contributed by atoms with van der Waals surface area (Å²) >= 11 is 1.62. The molecule has 0 bridgehead atoms. The molecule has 1 aromatic rings. The second-order valence-electron chi connectivity index (χ2n) is 4.86. The number of hydrogen-bond donors (Lipinski definition) is 1. The third-order valence-electron chi connectivity index (χ3n) is 3.54. The van der Waals surface area contributed by atoms with Gasteiger partial charge < -0.3 is 5.32 Å². The lowest BCUT2D eigenvalue weighted by molar-refractivity contribution is 0.454. The molecule has 0 amide bonds. The van der Waals surface area contributed by atoms with Crippen molar-refractivity contribution in [3.8, 4) is 0 Å². The summed E-state index contributed by atoms with van der Waals surface area (Å²) < 4.78 is 24.2. The van der Waals surface area contributed by atoms with E-state index in [1.54, 1.807) is 11.3 Å². The van der Waals surface area contributed by atoms with E-state index in [2.05, 4.69) is 10.3 Å². The number of sulfone groups is 1. The number of aryl methyl sites for hydroxylation is 1. The normalized spacial score (nSPS) is 24.9. The first-order valence-electron chi connectivity index (χ1n) is 6.33. The molecule has 1 fully saturated rings. The van der Waals surface area contributed by atoms with Gasteiger partial charge in [-0.25, -0.2) is 13.4 Å². The van der Waals surface area contributed by atoms with E-state index in [0.29, 0.717) is 12.2 Å². The van der Waals surface area contributed by atoms with Gasteiger partial charge in [-0.2, -0.15) is 0 Å². The first-order valence-corrected chi connectivity index (χ1v) is 8.92. The molecule has 1 saturated heterocycles. The number of nitrogens with zero attached hydrogens (tertiary/aromatic N) is 1. The summed E-state index contributed by atoms with van der Waals surface area (Å²) in [6.07, 6.45) is 3.30. The third-order valence-corrected chi connectivity index (χ3v) is 6.71. The average Bonchev–Trinajstić information content (AvgIpc) is 2.72. The summed E-state index contributed by atoms with van der Waals surface area (Å²) in [4.78, 5) is 4.42. The van der Waals surface area contributed by atoms with Crippen molar-refractivity contribution in [2.75, 3.05) is 12.8 Å². The highest BCUT2D eigenvalue weighted by Gasteiger charge is 2.35. The van der Waals surface area contributed by atoms with Crippen LogP contribution in [-0.4, -0.2) is 37.5 Å². The zero-order valence-electron chi connectivity index (χ0n) is 10.8. The van der Waals surface area contributed by atoms with Crippen molar-refractivity contribution < 1.29 is 8.42 Å². The van der Waals surface area contributed by atoms with Crippen molar-refractivity contribution in [1.29, 1.82) is 0 Å². The quantitative estimate of drug-likeness (QED) is 0.913. The second kappa shape index (κ2) is 5.67. The maximum Gasteiger partial charge on any atom is 0.154 e. The first-order chi connectivity index (χ1) is 8.53. The van der Waals surface area contributed by atoms with Gasteiger partial charge in [0.2, 0.25) is 0 Å². The van der Waals surface area contributed by atoms with Crippen LogP contribution in [0.25, 0.3) is 0 Å². The van der Waals surface area contributed by atoms with Crippen LogP contribution in [0.1, 0.15) is 30.0 Å². The molecule has 0 radical (unpaired) electrons. The minimum Gasteiger partial charge on any atom is -0.315 e. The predicted molar refractivity (Wildman–Crippen MR) is 74.8 cm³/mol. The van der Waals surface area contributed by atoms with Crippen molar-refractivity contribution in [3.05, 3.63) is 16.1 Å². The van der Waals surface area contributed by atoms with Crippen LogP contribution < -0.4 is 5.32 Å². The van der Waals surface area contributed by atoms with E-state index in [4.69, 9.17) is 0 Å². The molecule has 0 aliphatic carbocycles. The van der Waals surface area contributed by atoms with Crippen molar-refractivity contribution in [2.45, 2.75) is 43.9 Å². The molecule has 0 spiro atoms. The third kappa shape index (κ3) is 3.10. The Labute approximate surface area is 113 Å². The fraction of sp³-hybridized carbons (Fsp3) is 0.750. The van der Waals surface area contributed by atoms with E-state index < -0.39 is 9.84 Å². The maximum atomic E-state index is 12.1. The lowest BCUT2D eigenvalue weighted by Gasteiger charge is -2.29. The molecule has 0 aromatic carbocycles. The zero-order valence-corrected chi connectivity index (χ0v) is 12.5. The van der Waals surface area contributed by atoms with Gasteiger partial charge in [0, 0.05) is 17.8 Å². The van der Waals surface area contributed by atoms with Crippen molar-refractivity contribution in [3.63, 3.8) is 0 Å². The van der Waals surface area contributed by atoms with Crippen LogP contribution in [-0.2, 0) is 16.3 Å². The van der Waals surface area contributed by atoms with Crippen LogP contribution in [0.15, 0.2) is 5.38 Å². The van der Waals surface area contributed by atoms with Crippen LogP contribution in [0, 0.1) is 6.92 Å². The molecule has 4 nitrogen and oxygen atoms in total. The zero-order chi connectivity index (χ0) is 13.2. The summed E-state index contributed by atoms with van der Waals surface area (Å²) in [6.45, 7) is 1.97. The molecule has 1 aliphatic heterocycles. The van der Waals surface area contributed by atoms with Gasteiger partial charge in [-0.05, 0) is 26.8 Å². The van der Waals surface area contributed by atoms with E-state index in [0.717, 1.165) is 30.0 Å². The highest BCUT2D eigenvalue weighted by molar-refractivity contribution is 7.92. The number of nitrogens with one attached hydrogen (secondary N) is 1. The monoisotopic (exact) mass is 288 g/mol. The summed E-state index contributed by atoms with van der Waals surface area (Å²) in [5, 5.41) is 5.98. The van der Waals surface area contributed by atoms with E-state index in [1.165, 1.54) is 0 Å². The number of likely N-dealkylation sites (N-methyl/N-ethyl adjacent to an activating group) is 1. The van der Waals surface area contributed by atoms with Crippen LogP contribution >= 0.6 is 11.3 Å². The van der Waals surface area contributed by atoms with Gasteiger partial charge in [0.1, 0.15) is 0 Å². The lowest BCUT2D eigenvalue weighted by atomic mass is 10.0. The first kappa shape index (κ1) is 14.0. The van der Waals surface area contributed by atoms with Gasteiger partial charge in [0.15, 0.2) is 9.84 Å². The summed E-state index contributed by atoms with van der Waals surface area (Å²) in [5.41, 5.74) is 0.998. The minimum atomic E-state index is -2.94. The van der Waals surface area contributed by atoms with E-state index in [-0.39, 0.29) is 11.3 Å². The number of thiazole rings is 1. The number of rotatable bonds is 4.